The second-order valence-corrected chi connectivity index (χ2v) is 4.40. The van der Waals surface area contributed by atoms with Gasteiger partial charge in [0.25, 0.3) is 0 Å². The lowest BCUT2D eigenvalue weighted by Crippen LogP contribution is -2.21. The molecule has 0 aliphatic heterocycles. The summed E-state index contributed by atoms with van der Waals surface area (Å²) in [5.74, 6) is 4.01. The molecular formula is C15H21NO. The molecule has 0 radical (unpaired) electrons. The van der Waals surface area contributed by atoms with Crippen molar-refractivity contribution in [2.45, 2.75) is 26.7 Å². The number of hydrogen-bond acceptors (Lipinski definition) is 2. The highest BCUT2D eigenvalue weighted by Gasteiger charge is 2.04. The van der Waals surface area contributed by atoms with Crippen LogP contribution in [0.25, 0.3) is 0 Å². The van der Waals surface area contributed by atoms with Crippen LogP contribution >= 0.6 is 0 Å². The molecule has 0 saturated carbocycles. The van der Waals surface area contributed by atoms with Crippen molar-refractivity contribution in [1.82, 2.24) is 5.32 Å². The normalized spacial score (nSPS) is 10.3. The zero-order valence-electron chi connectivity index (χ0n) is 10.9. The number of benzene rings is 1. The summed E-state index contributed by atoms with van der Waals surface area (Å²) in [4.78, 5) is 0. The number of rotatable bonds is 6. The lowest BCUT2D eigenvalue weighted by Gasteiger charge is -2.12. The van der Waals surface area contributed by atoms with E-state index in [0.29, 0.717) is 19.1 Å². The molecule has 0 aliphatic carbocycles. The Kier molecular flexibility index (Phi) is 5.59. The lowest BCUT2D eigenvalue weighted by atomic mass is 9.98. The van der Waals surface area contributed by atoms with Crippen LogP contribution < -0.4 is 10.1 Å². The molecule has 17 heavy (non-hydrogen) atoms. The molecule has 0 fully saturated rings. The molecule has 0 atom stereocenters. The standard InChI is InChI=1S/C15H21NO/c1-5-8-16-9-10-17-14-6-7-15(12(2)3)13(4)11-14/h1,6-7,11-12,16H,8-10H2,2-4H3. The molecule has 0 heterocycles. The van der Waals surface area contributed by atoms with E-state index in [9.17, 15) is 0 Å². The summed E-state index contributed by atoms with van der Waals surface area (Å²) in [6.07, 6.45) is 5.13. The monoisotopic (exact) mass is 231 g/mol. The molecule has 92 valence electrons. The highest BCUT2D eigenvalue weighted by molar-refractivity contribution is 5.36. The largest absolute Gasteiger partial charge is 0.492 e. The Hall–Kier alpha value is -1.46. The molecule has 1 aromatic carbocycles. The van der Waals surface area contributed by atoms with Crippen molar-refractivity contribution in [1.29, 1.82) is 0 Å². The van der Waals surface area contributed by atoms with E-state index in [4.69, 9.17) is 11.2 Å². The molecule has 0 spiro atoms. The molecule has 0 bridgehead atoms. The van der Waals surface area contributed by atoms with Crippen LogP contribution in [-0.4, -0.2) is 19.7 Å². The summed E-state index contributed by atoms with van der Waals surface area (Å²) in [5.41, 5.74) is 2.66. The Morgan fingerprint density at radius 3 is 2.76 bits per heavy atom. The van der Waals surface area contributed by atoms with Crippen LogP contribution in [0.4, 0.5) is 0 Å². The van der Waals surface area contributed by atoms with Gasteiger partial charge in [-0.15, -0.1) is 6.42 Å². The van der Waals surface area contributed by atoms with E-state index in [1.165, 1.54) is 11.1 Å². The van der Waals surface area contributed by atoms with Crippen molar-refractivity contribution in [3.05, 3.63) is 29.3 Å². The molecule has 2 heteroatoms. The molecule has 0 saturated heterocycles. The van der Waals surface area contributed by atoms with Crippen LogP contribution in [0.15, 0.2) is 18.2 Å². The molecule has 1 rings (SSSR count). The minimum atomic E-state index is 0.557. The predicted molar refractivity (Wildman–Crippen MR) is 72.5 cm³/mol. The Bertz CT molecular complexity index is 390. The predicted octanol–water partition coefficient (Wildman–Crippen LogP) is 2.72. The van der Waals surface area contributed by atoms with Crippen LogP contribution in [0.5, 0.6) is 5.75 Å². The third kappa shape index (κ3) is 4.50. The molecule has 0 aliphatic rings. The lowest BCUT2D eigenvalue weighted by molar-refractivity contribution is 0.316. The molecule has 0 amide bonds. The Labute approximate surface area is 104 Å². The van der Waals surface area contributed by atoms with E-state index in [2.05, 4.69) is 44.1 Å². The quantitative estimate of drug-likeness (QED) is 0.600. The van der Waals surface area contributed by atoms with Crippen molar-refractivity contribution in [3.63, 3.8) is 0 Å². The first-order valence-corrected chi connectivity index (χ1v) is 6.02. The van der Waals surface area contributed by atoms with Crippen molar-refractivity contribution in [2.75, 3.05) is 19.7 Å². The van der Waals surface area contributed by atoms with Crippen LogP contribution in [0.3, 0.4) is 0 Å². The second kappa shape index (κ2) is 6.98. The smallest absolute Gasteiger partial charge is 0.119 e. The minimum absolute atomic E-state index is 0.557. The summed E-state index contributed by atoms with van der Waals surface area (Å²) < 4.78 is 5.64. The number of aryl methyl sites for hydroxylation is 1. The van der Waals surface area contributed by atoms with Crippen LogP contribution in [0.2, 0.25) is 0 Å². The van der Waals surface area contributed by atoms with Gasteiger partial charge >= 0.3 is 0 Å². The fourth-order valence-electron chi connectivity index (χ4n) is 1.79. The summed E-state index contributed by atoms with van der Waals surface area (Å²) in [6.45, 7) is 8.53. The molecule has 1 aromatic rings. The average Bonchev–Trinajstić information content (AvgIpc) is 2.28. The number of hydrogen-bond donors (Lipinski definition) is 1. The molecule has 0 unspecified atom stereocenters. The number of terminal acetylenes is 1. The average molecular weight is 231 g/mol. The first kappa shape index (κ1) is 13.6. The summed E-state index contributed by atoms with van der Waals surface area (Å²) >= 11 is 0. The van der Waals surface area contributed by atoms with Crippen molar-refractivity contribution >= 4 is 0 Å². The zero-order valence-corrected chi connectivity index (χ0v) is 10.9. The van der Waals surface area contributed by atoms with Crippen molar-refractivity contribution in [3.8, 4) is 18.1 Å². The third-order valence-corrected chi connectivity index (χ3v) is 2.64. The summed E-state index contributed by atoms with van der Waals surface area (Å²) in [6, 6.07) is 6.27. The molecular weight excluding hydrogens is 210 g/mol. The van der Waals surface area contributed by atoms with E-state index in [0.717, 1.165) is 12.3 Å². The summed E-state index contributed by atoms with van der Waals surface area (Å²) in [7, 11) is 0. The van der Waals surface area contributed by atoms with Gasteiger partial charge in [0.15, 0.2) is 0 Å². The maximum atomic E-state index is 5.64. The third-order valence-electron chi connectivity index (χ3n) is 2.64. The zero-order chi connectivity index (χ0) is 12.7. The Morgan fingerprint density at radius 1 is 1.41 bits per heavy atom. The number of ether oxygens (including phenoxy) is 1. The van der Waals surface area contributed by atoms with E-state index in [1.54, 1.807) is 0 Å². The van der Waals surface area contributed by atoms with Crippen LogP contribution in [0.1, 0.15) is 30.9 Å². The van der Waals surface area contributed by atoms with Crippen molar-refractivity contribution in [2.24, 2.45) is 0 Å². The van der Waals surface area contributed by atoms with E-state index in [1.807, 2.05) is 6.07 Å². The fraction of sp³-hybridized carbons (Fsp3) is 0.467. The first-order valence-electron chi connectivity index (χ1n) is 6.02. The number of nitrogens with one attached hydrogen (secondary N) is 1. The van der Waals surface area contributed by atoms with Gasteiger partial charge < -0.3 is 10.1 Å². The maximum Gasteiger partial charge on any atom is 0.119 e. The van der Waals surface area contributed by atoms with Crippen molar-refractivity contribution < 1.29 is 4.74 Å². The van der Waals surface area contributed by atoms with Gasteiger partial charge in [0.1, 0.15) is 12.4 Å². The molecule has 2 nitrogen and oxygen atoms in total. The highest BCUT2D eigenvalue weighted by atomic mass is 16.5. The molecule has 0 aromatic heterocycles. The fourth-order valence-corrected chi connectivity index (χ4v) is 1.79. The van der Waals surface area contributed by atoms with E-state index < -0.39 is 0 Å². The van der Waals surface area contributed by atoms with E-state index >= 15 is 0 Å². The Balaban J connectivity index is 2.45. The van der Waals surface area contributed by atoms with Gasteiger partial charge in [-0.1, -0.05) is 25.8 Å². The minimum Gasteiger partial charge on any atom is -0.492 e. The van der Waals surface area contributed by atoms with Gasteiger partial charge in [-0.05, 0) is 36.1 Å². The highest BCUT2D eigenvalue weighted by Crippen LogP contribution is 2.23. The van der Waals surface area contributed by atoms with Gasteiger partial charge in [-0.3, -0.25) is 0 Å². The Morgan fingerprint density at radius 2 is 2.18 bits per heavy atom. The molecule has 1 N–H and O–H groups in total. The second-order valence-electron chi connectivity index (χ2n) is 4.40. The SMILES string of the molecule is C#CCNCCOc1ccc(C(C)C)c(C)c1. The van der Waals surface area contributed by atoms with Gasteiger partial charge in [-0.25, -0.2) is 0 Å². The van der Waals surface area contributed by atoms with E-state index in [-0.39, 0.29) is 0 Å². The summed E-state index contributed by atoms with van der Waals surface area (Å²) in [5, 5.41) is 3.09. The first-order chi connectivity index (χ1) is 8.15. The van der Waals surface area contributed by atoms with Gasteiger partial charge in [0, 0.05) is 6.54 Å². The maximum absolute atomic E-state index is 5.64. The van der Waals surface area contributed by atoms with Gasteiger partial charge in [0.2, 0.25) is 0 Å². The topological polar surface area (TPSA) is 21.3 Å². The van der Waals surface area contributed by atoms with Gasteiger partial charge in [0.05, 0.1) is 6.54 Å². The van der Waals surface area contributed by atoms with Crippen LogP contribution in [-0.2, 0) is 0 Å². The van der Waals surface area contributed by atoms with Gasteiger partial charge in [-0.2, -0.15) is 0 Å². The van der Waals surface area contributed by atoms with Crippen LogP contribution in [0, 0.1) is 19.3 Å².